The lowest BCUT2D eigenvalue weighted by atomic mass is 9.98. The van der Waals surface area contributed by atoms with Crippen molar-refractivity contribution in [1.82, 2.24) is 0 Å². The third-order valence-corrected chi connectivity index (χ3v) is 5.39. The maximum Gasteiger partial charge on any atom is 0.255 e. The molecule has 1 aliphatic heterocycles. The molecule has 26 heavy (non-hydrogen) atoms. The minimum absolute atomic E-state index is 0.119. The van der Waals surface area contributed by atoms with E-state index < -0.39 is 0 Å². The first-order chi connectivity index (χ1) is 12.6. The predicted octanol–water partition coefficient (Wildman–Crippen LogP) is 5.34. The second-order valence-corrected chi connectivity index (χ2v) is 7.57. The van der Waals surface area contributed by atoms with Crippen molar-refractivity contribution in [3.63, 3.8) is 0 Å². The van der Waals surface area contributed by atoms with Crippen LogP contribution in [-0.2, 0) is 0 Å². The van der Waals surface area contributed by atoms with Crippen molar-refractivity contribution < 1.29 is 9.53 Å². The minimum atomic E-state index is -0.119. The summed E-state index contributed by atoms with van der Waals surface area (Å²) in [6, 6.07) is 13.4. The number of carbonyl (C=O) groups is 1. The molecule has 0 aliphatic carbocycles. The topological polar surface area (TPSA) is 41.6 Å². The van der Waals surface area contributed by atoms with Crippen LogP contribution in [0.3, 0.4) is 0 Å². The van der Waals surface area contributed by atoms with Gasteiger partial charge < -0.3 is 15.0 Å². The van der Waals surface area contributed by atoms with Crippen molar-refractivity contribution in [2.45, 2.75) is 26.7 Å². The number of amides is 1. The Balaban J connectivity index is 1.76. The molecular weight excluding hydrogens is 392 g/mol. The van der Waals surface area contributed by atoms with Gasteiger partial charge in [0.2, 0.25) is 0 Å². The molecule has 1 fully saturated rings. The zero-order valence-corrected chi connectivity index (χ0v) is 16.9. The molecule has 3 rings (SSSR count). The lowest BCUT2D eigenvalue weighted by Crippen LogP contribution is -2.33. The Morgan fingerprint density at radius 3 is 2.65 bits per heavy atom. The quantitative estimate of drug-likeness (QED) is 0.715. The molecule has 0 bridgehead atoms. The highest BCUT2D eigenvalue weighted by atomic mass is 79.9. The number of benzene rings is 2. The van der Waals surface area contributed by atoms with Gasteiger partial charge in [-0.05, 0) is 71.9 Å². The Morgan fingerprint density at radius 1 is 1.23 bits per heavy atom. The molecule has 0 aromatic heterocycles. The van der Waals surface area contributed by atoms with Gasteiger partial charge in [-0.25, -0.2) is 0 Å². The number of nitrogens with one attached hydrogen (secondary N) is 1. The summed E-state index contributed by atoms with van der Waals surface area (Å²) in [5.74, 6) is 1.40. The highest BCUT2D eigenvalue weighted by Crippen LogP contribution is 2.31. The van der Waals surface area contributed by atoms with Crippen molar-refractivity contribution in [2.24, 2.45) is 5.92 Å². The highest BCUT2D eigenvalue weighted by molar-refractivity contribution is 9.10. The Morgan fingerprint density at radius 2 is 1.96 bits per heavy atom. The minimum Gasteiger partial charge on any atom is -0.493 e. The molecule has 2 aromatic rings. The zero-order valence-electron chi connectivity index (χ0n) is 15.3. The number of hydrogen-bond donors (Lipinski definition) is 1. The van der Waals surface area contributed by atoms with E-state index in [1.807, 2.05) is 31.2 Å². The number of hydrogen-bond acceptors (Lipinski definition) is 3. The van der Waals surface area contributed by atoms with Crippen LogP contribution in [0.25, 0.3) is 0 Å². The second kappa shape index (κ2) is 8.58. The number of nitrogens with zero attached hydrogens (tertiary/aromatic N) is 1. The summed E-state index contributed by atoms with van der Waals surface area (Å²) in [6.45, 7) is 6.89. The smallest absolute Gasteiger partial charge is 0.255 e. The van der Waals surface area contributed by atoms with Crippen molar-refractivity contribution in [1.29, 1.82) is 0 Å². The third kappa shape index (κ3) is 4.39. The maximum atomic E-state index is 12.7. The van der Waals surface area contributed by atoms with Gasteiger partial charge in [0, 0.05) is 18.7 Å². The number of halogens is 1. The summed E-state index contributed by atoms with van der Waals surface area (Å²) >= 11 is 3.47. The molecule has 1 heterocycles. The number of ether oxygens (including phenoxy) is 1. The Kier molecular flexibility index (Phi) is 6.20. The van der Waals surface area contributed by atoms with E-state index in [1.54, 1.807) is 12.1 Å². The third-order valence-electron chi connectivity index (χ3n) is 4.77. The van der Waals surface area contributed by atoms with Crippen LogP contribution in [0.4, 0.5) is 11.4 Å². The fraction of sp³-hybridized carbons (Fsp3) is 0.381. The van der Waals surface area contributed by atoms with Gasteiger partial charge in [0.05, 0.1) is 22.5 Å². The summed E-state index contributed by atoms with van der Waals surface area (Å²) < 4.78 is 6.29. The average molecular weight is 417 g/mol. The van der Waals surface area contributed by atoms with Crippen LogP contribution in [0.15, 0.2) is 46.9 Å². The van der Waals surface area contributed by atoms with E-state index in [2.05, 4.69) is 39.1 Å². The first-order valence-corrected chi connectivity index (χ1v) is 9.95. The molecule has 0 spiro atoms. The fourth-order valence-electron chi connectivity index (χ4n) is 3.21. The van der Waals surface area contributed by atoms with Gasteiger partial charge in [0.15, 0.2) is 0 Å². The van der Waals surface area contributed by atoms with E-state index in [1.165, 1.54) is 12.8 Å². The Bertz CT molecular complexity index is 770. The van der Waals surface area contributed by atoms with Gasteiger partial charge >= 0.3 is 0 Å². The SMILES string of the molecule is CCOc1ccc(C(=O)Nc2ccccc2N2CCC(C)CC2)cc1Br. The predicted molar refractivity (Wildman–Crippen MR) is 110 cm³/mol. The molecule has 1 N–H and O–H groups in total. The summed E-state index contributed by atoms with van der Waals surface area (Å²) in [5, 5.41) is 3.07. The molecule has 138 valence electrons. The second-order valence-electron chi connectivity index (χ2n) is 6.72. The van der Waals surface area contributed by atoms with Gasteiger partial charge in [0.1, 0.15) is 5.75 Å². The van der Waals surface area contributed by atoms with Gasteiger partial charge in [-0.3, -0.25) is 4.79 Å². The van der Waals surface area contributed by atoms with E-state index in [0.29, 0.717) is 12.2 Å². The van der Waals surface area contributed by atoms with Crippen molar-refractivity contribution in [2.75, 3.05) is 29.9 Å². The first kappa shape index (κ1) is 18.8. The van der Waals surface area contributed by atoms with E-state index in [9.17, 15) is 4.79 Å². The van der Waals surface area contributed by atoms with Gasteiger partial charge in [0.25, 0.3) is 5.91 Å². The number of piperidine rings is 1. The molecule has 4 nitrogen and oxygen atoms in total. The summed E-state index contributed by atoms with van der Waals surface area (Å²) in [5.41, 5.74) is 2.55. The van der Waals surface area contributed by atoms with Gasteiger partial charge in [-0.2, -0.15) is 0 Å². The lowest BCUT2D eigenvalue weighted by Gasteiger charge is -2.33. The maximum absolute atomic E-state index is 12.7. The molecule has 2 aromatic carbocycles. The molecule has 1 amide bonds. The summed E-state index contributed by atoms with van der Waals surface area (Å²) in [6.07, 6.45) is 2.38. The molecule has 1 saturated heterocycles. The summed E-state index contributed by atoms with van der Waals surface area (Å²) in [7, 11) is 0. The van der Waals surface area contributed by atoms with E-state index in [-0.39, 0.29) is 5.91 Å². The molecule has 5 heteroatoms. The van der Waals surface area contributed by atoms with E-state index in [4.69, 9.17) is 4.74 Å². The normalized spacial score (nSPS) is 15.0. The van der Waals surface area contributed by atoms with Crippen molar-refractivity contribution >= 4 is 33.2 Å². The largest absolute Gasteiger partial charge is 0.493 e. The van der Waals surface area contributed by atoms with Crippen LogP contribution in [0, 0.1) is 5.92 Å². The number of carbonyl (C=O) groups excluding carboxylic acids is 1. The number of anilines is 2. The van der Waals surface area contributed by atoms with Crippen LogP contribution >= 0.6 is 15.9 Å². The van der Waals surface area contributed by atoms with Crippen LogP contribution in [-0.4, -0.2) is 25.6 Å². The monoisotopic (exact) mass is 416 g/mol. The Labute approximate surface area is 163 Å². The molecule has 0 unspecified atom stereocenters. The average Bonchev–Trinajstić information content (AvgIpc) is 2.65. The molecule has 0 radical (unpaired) electrons. The van der Waals surface area contributed by atoms with Crippen LogP contribution in [0.5, 0.6) is 5.75 Å². The molecule has 0 atom stereocenters. The first-order valence-electron chi connectivity index (χ1n) is 9.16. The van der Waals surface area contributed by atoms with Crippen molar-refractivity contribution in [3.8, 4) is 5.75 Å². The van der Waals surface area contributed by atoms with E-state index in [0.717, 1.165) is 40.6 Å². The van der Waals surface area contributed by atoms with Crippen LogP contribution in [0.2, 0.25) is 0 Å². The van der Waals surface area contributed by atoms with Crippen LogP contribution in [0.1, 0.15) is 37.0 Å². The fourth-order valence-corrected chi connectivity index (χ4v) is 3.71. The standard InChI is InChI=1S/C21H25BrN2O2/c1-3-26-20-9-8-16(14-17(20)22)21(25)23-18-6-4-5-7-19(18)24-12-10-15(2)11-13-24/h4-9,14-15H,3,10-13H2,1-2H3,(H,23,25). The number of rotatable bonds is 5. The lowest BCUT2D eigenvalue weighted by molar-refractivity contribution is 0.102. The van der Waals surface area contributed by atoms with Gasteiger partial charge in [-0.15, -0.1) is 0 Å². The zero-order chi connectivity index (χ0) is 18.5. The van der Waals surface area contributed by atoms with E-state index >= 15 is 0 Å². The summed E-state index contributed by atoms with van der Waals surface area (Å²) in [4.78, 5) is 15.1. The van der Waals surface area contributed by atoms with Crippen molar-refractivity contribution in [3.05, 3.63) is 52.5 Å². The molecular formula is C21H25BrN2O2. The molecule has 1 aliphatic rings. The van der Waals surface area contributed by atoms with Gasteiger partial charge in [-0.1, -0.05) is 19.1 Å². The molecule has 0 saturated carbocycles. The Hall–Kier alpha value is -2.01. The number of para-hydroxylation sites is 2. The highest BCUT2D eigenvalue weighted by Gasteiger charge is 2.19. The van der Waals surface area contributed by atoms with Crippen LogP contribution < -0.4 is 15.0 Å².